The quantitative estimate of drug-likeness (QED) is 0.540. The van der Waals surface area contributed by atoms with E-state index in [-0.39, 0.29) is 0 Å². The standard InChI is InChI=1S/C11H20/c1-3-4-5-6-11-8-7-10(2)9-11/h3-4,10-11H,5-9H2,1-2H3/b4-3+. The summed E-state index contributed by atoms with van der Waals surface area (Å²) in [5.74, 6) is 2.05. The van der Waals surface area contributed by atoms with Crippen LogP contribution in [0.3, 0.4) is 0 Å². The second kappa shape index (κ2) is 4.58. The zero-order valence-corrected chi connectivity index (χ0v) is 7.84. The molecule has 0 aliphatic heterocycles. The zero-order chi connectivity index (χ0) is 8.10. The molecule has 0 amide bonds. The van der Waals surface area contributed by atoms with Crippen LogP contribution in [0, 0.1) is 11.8 Å². The molecule has 0 spiro atoms. The molecule has 0 nitrogen and oxygen atoms in total. The number of rotatable bonds is 3. The molecule has 64 valence electrons. The van der Waals surface area contributed by atoms with Gasteiger partial charge in [-0.15, -0.1) is 0 Å². The molecule has 0 bridgehead atoms. The highest BCUT2D eigenvalue weighted by Gasteiger charge is 2.19. The van der Waals surface area contributed by atoms with Crippen LogP contribution in [0.4, 0.5) is 0 Å². The van der Waals surface area contributed by atoms with Crippen LogP contribution in [0.2, 0.25) is 0 Å². The van der Waals surface area contributed by atoms with Gasteiger partial charge in [-0.05, 0) is 38.0 Å². The summed E-state index contributed by atoms with van der Waals surface area (Å²) in [6, 6.07) is 0. The molecule has 0 heteroatoms. The molecule has 2 unspecified atom stereocenters. The fourth-order valence-corrected chi connectivity index (χ4v) is 2.09. The maximum atomic E-state index is 2.38. The van der Waals surface area contributed by atoms with Crippen LogP contribution in [0.25, 0.3) is 0 Å². The first-order valence-corrected chi connectivity index (χ1v) is 4.94. The van der Waals surface area contributed by atoms with Crippen molar-refractivity contribution >= 4 is 0 Å². The Hall–Kier alpha value is -0.260. The van der Waals surface area contributed by atoms with Crippen molar-refractivity contribution in [3.8, 4) is 0 Å². The molecule has 11 heavy (non-hydrogen) atoms. The molecule has 0 saturated heterocycles. The highest BCUT2D eigenvalue weighted by Crippen LogP contribution is 2.33. The molecule has 0 heterocycles. The Kier molecular flexibility index (Phi) is 3.68. The van der Waals surface area contributed by atoms with Gasteiger partial charge in [0, 0.05) is 0 Å². The van der Waals surface area contributed by atoms with E-state index in [1.165, 1.54) is 32.1 Å². The van der Waals surface area contributed by atoms with Gasteiger partial charge >= 0.3 is 0 Å². The third-order valence-corrected chi connectivity index (χ3v) is 2.78. The van der Waals surface area contributed by atoms with E-state index in [0.29, 0.717) is 0 Å². The van der Waals surface area contributed by atoms with Gasteiger partial charge in [0.25, 0.3) is 0 Å². The summed E-state index contributed by atoms with van der Waals surface area (Å²) in [6.45, 7) is 4.49. The van der Waals surface area contributed by atoms with E-state index < -0.39 is 0 Å². The minimum absolute atomic E-state index is 1.01. The zero-order valence-electron chi connectivity index (χ0n) is 7.84. The van der Waals surface area contributed by atoms with Gasteiger partial charge in [0.1, 0.15) is 0 Å². The highest BCUT2D eigenvalue weighted by molar-refractivity contribution is 4.80. The van der Waals surface area contributed by atoms with Crippen molar-refractivity contribution in [1.29, 1.82) is 0 Å². The molecular formula is C11H20. The lowest BCUT2D eigenvalue weighted by molar-refractivity contribution is 0.484. The van der Waals surface area contributed by atoms with Crippen LogP contribution < -0.4 is 0 Å². The van der Waals surface area contributed by atoms with E-state index in [4.69, 9.17) is 0 Å². The molecule has 0 aromatic rings. The SMILES string of the molecule is C/C=C/CCC1CCC(C)C1. The minimum Gasteiger partial charge on any atom is -0.0917 e. The molecule has 1 aliphatic carbocycles. The Morgan fingerprint density at radius 3 is 2.73 bits per heavy atom. The average molecular weight is 152 g/mol. The smallest absolute Gasteiger partial charge is 0.0348 e. The van der Waals surface area contributed by atoms with E-state index in [1.807, 2.05) is 0 Å². The van der Waals surface area contributed by atoms with Crippen molar-refractivity contribution in [1.82, 2.24) is 0 Å². The molecule has 1 rings (SSSR count). The summed E-state index contributed by atoms with van der Waals surface area (Å²) in [6.07, 6.45) is 11.6. The van der Waals surface area contributed by atoms with Gasteiger partial charge < -0.3 is 0 Å². The van der Waals surface area contributed by atoms with E-state index in [9.17, 15) is 0 Å². The second-order valence-electron chi connectivity index (χ2n) is 3.93. The molecular weight excluding hydrogens is 132 g/mol. The van der Waals surface area contributed by atoms with Gasteiger partial charge in [0.15, 0.2) is 0 Å². The third kappa shape index (κ3) is 3.09. The maximum Gasteiger partial charge on any atom is -0.0348 e. The first kappa shape index (κ1) is 8.83. The Labute approximate surface area is 70.7 Å². The lowest BCUT2D eigenvalue weighted by Gasteiger charge is -2.05. The van der Waals surface area contributed by atoms with Gasteiger partial charge in [-0.25, -0.2) is 0 Å². The summed E-state index contributed by atoms with van der Waals surface area (Å²) in [5.41, 5.74) is 0. The minimum atomic E-state index is 1.01. The van der Waals surface area contributed by atoms with Gasteiger partial charge in [-0.2, -0.15) is 0 Å². The third-order valence-electron chi connectivity index (χ3n) is 2.78. The van der Waals surface area contributed by atoms with Crippen molar-refractivity contribution in [3.63, 3.8) is 0 Å². The monoisotopic (exact) mass is 152 g/mol. The van der Waals surface area contributed by atoms with Crippen LogP contribution >= 0.6 is 0 Å². The number of hydrogen-bond donors (Lipinski definition) is 0. The predicted octanol–water partition coefficient (Wildman–Crippen LogP) is 3.78. The first-order chi connectivity index (χ1) is 5.33. The van der Waals surface area contributed by atoms with Gasteiger partial charge in [0.05, 0.1) is 0 Å². The molecule has 0 N–H and O–H groups in total. The summed E-state index contributed by atoms with van der Waals surface area (Å²) < 4.78 is 0. The largest absolute Gasteiger partial charge is 0.0917 e. The average Bonchev–Trinajstić information content (AvgIpc) is 2.37. The van der Waals surface area contributed by atoms with E-state index in [1.54, 1.807) is 0 Å². The van der Waals surface area contributed by atoms with Crippen LogP contribution in [0.1, 0.15) is 46.0 Å². The highest BCUT2D eigenvalue weighted by atomic mass is 14.3. The Morgan fingerprint density at radius 1 is 1.36 bits per heavy atom. The summed E-state index contributed by atoms with van der Waals surface area (Å²) in [7, 11) is 0. The second-order valence-corrected chi connectivity index (χ2v) is 3.93. The molecule has 0 aromatic heterocycles. The fourth-order valence-electron chi connectivity index (χ4n) is 2.09. The first-order valence-electron chi connectivity index (χ1n) is 4.94. The Bertz CT molecular complexity index is 124. The molecule has 0 aromatic carbocycles. The van der Waals surface area contributed by atoms with Crippen LogP contribution in [-0.4, -0.2) is 0 Å². The van der Waals surface area contributed by atoms with Crippen molar-refractivity contribution < 1.29 is 0 Å². The number of allylic oxidation sites excluding steroid dienone is 2. The van der Waals surface area contributed by atoms with Crippen molar-refractivity contribution in [3.05, 3.63) is 12.2 Å². The lowest BCUT2D eigenvalue weighted by atomic mass is 10.0. The van der Waals surface area contributed by atoms with Crippen molar-refractivity contribution in [2.75, 3.05) is 0 Å². The number of hydrogen-bond acceptors (Lipinski definition) is 0. The molecule has 1 aliphatic rings. The molecule has 2 atom stereocenters. The predicted molar refractivity (Wildman–Crippen MR) is 50.6 cm³/mol. The molecule has 1 saturated carbocycles. The lowest BCUT2D eigenvalue weighted by Crippen LogP contribution is -1.92. The van der Waals surface area contributed by atoms with Crippen molar-refractivity contribution in [2.24, 2.45) is 11.8 Å². The van der Waals surface area contributed by atoms with Crippen molar-refractivity contribution in [2.45, 2.75) is 46.0 Å². The fraction of sp³-hybridized carbons (Fsp3) is 0.818. The van der Waals surface area contributed by atoms with Crippen LogP contribution in [0.5, 0.6) is 0 Å². The van der Waals surface area contributed by atoms with E-state index in [0.717, 1.165) is 11.8 Å². The topological polar surface area (TPSA) is 0 Å². The summed E-state index contributed by atoms with van der Waals surface area (Å²) in [4.78, 5) is 0. The van der Waals surface area contributed by atoms with Gasteiger partial charge in [-0.3, -0.25) is 0 Å². The summed E-state index contributed by atoms with van der Waals surface area (Å²) >= 11 is 0. The maximum absolute atomic E-state index is 2.38. The van der Waals surface area contributed by atoms with Crippen LogP contribution in [0.15, 0.2) is 12.2 Å². The van der Waals surface area contributed by atoms with E-state index in [2.05, 4.69) is 26.0 Å². The molecule has 0 radical (unpaired) electrons. The van der Waals surface area contributed by atoms with E-state index >= 15 is 0 Å². The van der Waals surface area contributed by atoms with Gasteiger partial charge in [0.2, 0.25) is 0 Å². The summed E-state index contributed by atoms with van der Waals surface area (Å²) in [5, 5.41) is 0. The van der Waals surface area contributed by atoms with Gasteiger partial charge in [-0.1, -0.05) is 31.9 Å². The normalized spacial score (nSPS) is 31.8. The Balaban J connectivity index is 2.08. The van der Waals surface area contributed by atoms with Crippen LogP contribution in [-0.2, 0) is 0 Å². The molecule has 1 fully saturated rings. The Morgan fingerprint density at radius 2 is 2.18 bits per heavy atom.